The van der Waals surface area contributed by atoms with E-state index in [2.05, 4.69) is 18.6 Å². The first-order valence-corrected chi connectivity index (χ1v) is 11.0. The monoisotopic (exact) mass is 428 g/mol. The molecule has 31 heavy (non-hydrogen) atoms. The minimum absolute atomic E-state index is 0.0303. The maximum atomic E-state index is 12.8. The molecule has 2 rings (SSSR count). The molecule has 0 saturated heterocycles. The normalized spacial score (nSPS) is 12.3. The van der Waals surface area contributed by atoms with Gasteiger partial charge in [-0.05, 0) is 24.8 Å². The summed E-state index contributed by atoms with van der Waals surface area (Å²) in [5.41, 5.74) is -0.886. The molecule has 0 aliphatic heterocycles. The fourth-order valence-corrected chi connectivity index (χ4v) is 2.91. The van der Waals surface area contributed by atoms with Gasteiger partial charge >= 0.3 is 5.97 Å². The van der Waals surface area contributed by atoms with Crippen LogP contribution in [-0.2, 0) is 19.9 Å². The van der Waals surface area contributed by atoms with Crippen molar-refractivity contribution >= 4 is 11.8 Å². The zero-order valence-electron chi connectivity index (χ0n) is 19.0. The summed E-state index contributed by atoms with van der Waals surface area (Å²) >= 11 is 0. The van der Waals surface area contributed by atoms with Crippen molar-refractivity contribution in [2.24, 2.45) is 0 Å². The molecule has 0 bridgehead atoms. The van der Waals surface area contributed by atoms with Crippen LogP contribution < -0.4 is 0 Å². The van der Waals surface area contributed by atoms with E-state index < -0.39 is 17.4 Å². The maximum absolute atomic E-state index is 12.8. The summed E-state index contributed by atoms with van der Waals surface area (Å²) in [6.07, 6.45) is 4.84. The first-order valence-electron chi connectivity index (χ1n) is 11.0. The van der Waals surface area contributed by atoms with E-state index in [0.717, 1.165) is 13.2 Å². The minimum atomic E-state index is -1.75. The van der Waals surface area contributed by atoms with Gasteiger partial charge in [0.25, 0.3) is 0 Å². The SMILES string of the molecule is CCCCOCCCC.COC(=O)CCC(O)(C(=O)c1ccccc1)c1ccccc1. The molecule has 0 aliphatic carbocycles. The molecule has 0 spiro atoms. The molecule has 170 valence electrons. The molecular weight excluding hydrogens is 392 g/mol. The molecule has 0 saturated carbocycles. The summed E-state index contributed by atoms with van der Waals surface area (Å²) in [5, 5.41) is 11.0. The zero-order chi connectivity index (χ0) is 23.0. The Kier molecular flexibility index (Phi) is 13.1. The lowest BCUT2D eigenvalue weighted by Gasteiger charge is -2.27. The van der Waals surface area contributed by atoms with E-state index in [1.165, 1.54) is 32.8 Å². The predicted octanol–water partition coefficient (Wildman–Crippen LogP) is 5.31. The number of hydrogen-bond acceptors (Lipinski definition) is 5. The summed E-state index contributed by atoms with van der Waals surface area (Å²) < 4.78 is 9.92. The van der Waals surface area contributed by atoms with E-state index in [4.69, 9.17) is 4.74 Å². The molecule has 5 heteroatoms. The lowest BCUT2D eigenvalue weighted by atomic mass is 9.82. The van der Waals surface area contributed by atoms with Crippen LogP contribution in [0.3, 0.4) is 0 Å². The van der Waals surface area contributed by atoms with E-state index in [-0.39, 0.29) is 12.8 Å². The average Bonchev–Trinajstić information content (AvgIpc) is 2.83. The van der Waals surface area contributed by atoms with Gasteiger partial charge in [-0.15, -0.1) is 0 Å². The van der Waals surface area contributed by atoms with Crippen molar-refractivity contribution in [3.63, 3.8) is 0 Å². The number of methoxy groups -OCH3 is 1. The van der Waals surface area contributed by atoms with Crippen molar-refractivity contribution in [1.29, 1.82) is 0 Å². The lowest BCUT2D eigenvalue weighted by Crippen LogP contribution is -2.36. The van der Waals surface area contributed by atoms with Crippen molar-refractivity contribution in [1.82, 2.24) is 0 Å². The molecule has 2 aromatic rings. The van der Waals surface area contributed by atoms with Gasteiger partial charge in [-0.25, -0.2) is 0 Å². The van der Waals surface area contributed by atoms with E-state index in [0.29, 0.717) is 11.1 Å². The Morgan fingerprint density at radius 3 is 1.87 bits per heavy atom. The number of ether oxygens (including phenoxy) is 2. The van der Waals surface area contributed by atoms with Gasteiger partial charge in [-0.2, -0.15) is 0 Å². The van der Waals surface area contributed by atoms with E-state index >= 15 is 0 Å². The van der Waals surface area contributed by atoms with Crippen molar-refractivity contribution in [2.75, 3.05) is 20.3 Å². The number of unbranched alkanes of at least 4 members (excludes halogenated alkanes) is 2. The molecule has 0 amide bonds. The number of esters is 1. The molecule has 5 nitrogen and oxygen atoms in total. The third-order valence-corrected chi connectivity index (χ3v) is 4.87. The molecule has 0 aromatic heterocycles. The van der Waals surface area contributed by atoms with Crippen LogP contribution >= 0.6 is 0 Å². The summed E-state index contributed by atoms with van der Waals surface area (Å²) in [4.78, 5) is 24.2. The van der Waals surface area contributed by atoms with E-state index in [1.54, 1.807) is 60.7 Å². The van der Waals surface area contributed by atoms with Gasteiger partial charge in [0, 0.05) is 25.2 Å². The fourth-order valence-electron chi connectivity index (χ4n) is 2.91. The number of Topliss-reactive ketones (excluding diaryl/α,β-unsaturated/α-hetero) is 1. The largest absolute Gasteiger partial charge is 0.469 e. The second-order valence-corrected chi connectivity index (χ2v) is 7.32. The van der Waals surface area contributed by atoms with Gasteiger partial charge < -0.3 is 14.6 Å². The Balaban J connectivity index is 0.000000452. The summed E-state index contributed by atoms with van der Waals surface area (Å²) in [7, 11) is 1.28. The van der Waals surface area contributed by atoms with Gasteiger partial charge in [0.05, 0.1) is 7.11 Å². The van der Waals surface area contributed by atoms with Crippen LogP contribution in [0.15, 0.2) is 60.7 Å². The molecular formula is C26H36O5. The number of ketones is 1. The smallest absolute Gasteiger partial charge is 0.305 e. The molecule has 0 heterocycles. The topological polar surface area (TPSA) is 72.8 Å². The van der Waals surface area contributed by atoms with Crippen molar-refractivity contribution in [3.8, 4) is 0 Å². The molecule has 0 radical (unpaired) electrons. The molecule has 0 aliphatic rings. The highest BCUT2D eigenvalue weighted by atomic mass is 16.5. The van der Waals surface area contributed by atoms with Crippen LogP contribution in [0.1, 0.15) is 68.3 Å². The number of carbonyl (C=O) groups excluding carboxylic acids is 2. The molecule has 1 N–H and O–H groups in total. The van der Waals surface area contributed by atoms with Crippen molar-refractivity contribution in [2.45, 2.75) is 58.0 Å². The third-order valence-electron chi connectivity index (χ3n) is 4.87. The standard InChI is InChI=1S/C18H18O4.C8H18O/c1-22-16(19)12-13-18(21,15-10-6-3-7-11-15)17(20)14-8-4-2-5-9-14;1-3-5-7-9-8-6-4-2/h2-11,21H,12-13H2,1H3;3-8H2,1-2H3. The molecule has 2 aromatic carbocycles. The Labute approximate surface area is 186 Å². The van der Waals surface area contributed by atoms with Gasteiger partial charge in [-0.3, -0.25) is 9.59 Å². The summed E-state index contributed by atoms with van der Waals surface area (Å²) in [6, 6.07) is 17.2. The minimum Gasteiger partial charge on any atom is -0.469 e. The Hall–Kier alpha value is -2.50. The van der Waals surface area contributed by atoms with E-state index in [9.17, 15) is 14.7 Å². The zero-order valence-corrected chi connectivity index (χ0v) is 19.0. The molecule has 0 fully saturated rings. The third kappa shape index (κ3) is 9.45. The Morgan fingerprint density at radius 2 is 1.39 bits per heavy atom. The van der Waals surface area contributed by atoms with Gasteiger partial charge in [0.2, 0.25) is 0 Å². The number of rotatable bonds is 12. The first kappa shape index (κ1) is 26.5. The molecule has 1 atom stereocenters. The Bertz CT molecular complexity index is 739. The highest BCUT2D eigenvalue weighted by Crippen LogP contribution is 2.30. The average molecular weight is 429 g/mol. The van der Waals surface area contributed by atoms with Crippen LogP contribution in [0.5, 0.6) is 0 Å². The van der Waals surface area contributed by atoms with Gasteiger partial charge in [0.15, 0.2) is 11.4 Å². The second-order valence-electron chi connectivity index (χ2n) is 7.32. The highest BCUT2D eigenvalue weighted by molar-refractivity contribution is 6.03. The van der Waals surface area contributed by atoms with Crippen LogP contribution in [0.4, 0.5) is 0 Å². The maximum Gasteiger partial charge on any atom is 0.305 e. The predicted molar refractivity (Wildman–Crippen MR) is 123 cm³/mol. The van der Waals surface area contributed by atoms with Crippen molar-refractivity contribution < 1.29 is 24.2 Å². The quantitative estimate of drug-likeness (QED) is 0.282. The first-order chi connectivity index (χ1) is 15.0. The number of benzene rings is 2. The lowest BCUT2D eigenvalue weighted by molar-refractivity contribution is -0.141. The number of carbonyl (C=O) groups is 2. The molecule has 1 unspecified atom stereocenters. The van der Waals surface area contributed by atoms with Gasteiger partial charge in [-0.1, -0.05) is 87.4 Å². The van der Waals surface area contributed by atoms with Crippen molar-refractivity contribution in [3.05, 3.63) is 71.8 Å². The fraction of sp³-hybridized carbons (Fsp3) is 0.462. The van der Waals surface area contributed by atoms with Crippen LogP contribution in [0, 0.1) is 0 Å². The van der Waals surface area contributed by atoms with Crippen LogP contribution in [0.25, 0.3) is 0 Å². The van der Waals surface area contributed by atoms with E-state index in [1.807, 2.05) is 0 Å². The van der Waals surface area contributed by atoms with Gasteiger partial charge in [0.1, 0.15) is 0 Å². The highest BCUT2D eigenvalue weighted by Gasteiger charge is 2.38. The van der Waals surface area contributed by atoms with Crippen LogP contribution in [0.2, 0.25) is 0 Å². The number of hydrogen-bond donors (Lipinski definition) is 1. The van der Waals surface area contributed by atoms with Crippen LogP contribution in [-0.4, -0.2) is 37.2 Å². The second kappa shape index (κ2) is 15.3. The Morgan fingerprint density at radius 1 is 0.871 bits per heavy atom. The summed E-state index contributed by atoms with van der Waals surface area (Å²) in [6.45, 7) is 6.28. The summed E-state index contributed by atoms with van der Waals surface area (Å²) in [5.74, 6) is -0.890. The number of aliphatic hydroxyl groups is 1.